The molecule has 0 fully saturated rings. The van der Waals surface area contributed by atoms with Crippen LogP contribution in [-0.2, 0) is 39.0 Å². The quantitative estimate of drug-likeness (QED) is 0.117. The fourth-order valence-electron chi connectivity index (χ4n) is 11.2. The van der Waals surface area contributed by atoms with Gasteiger partial charge in [-0.1, -0.05) is 291 Å². The van der Waals surface area contributed by atoms with Gasteiger partial charge in [0.2, 0.25) is 0 Å². The molecule has 8 aromatic heterocycles. The normalized spacial score (nSPS) is 10.0. The van der Waals surface area contributed by atoms with E-state index in [0.717, 1.165) is 88.6 Å². The van der Waals surface area contributed by atoms with Crippen molar-refractivity contribution in [3.63, 3.8) is 0 Å². The molecule has 120 heavy (non-hydrogen) atoms. The van der Waals surface area contributed by atoms with Gasteiger partial charge in [-0.2, -0.15) is 0 Å². The van der Waals surface area contributed by atoms with Crippen LogP contribution in [0.1, 0.15) is 0 Å². The van der Waals surface area contributed by atoms with Gasteiger partial charge in [-0.15, -0.1) is 43.5 Å². The summed E-state index contributed by atoms with van der Waals surface area (Å²) in [5.74, 6) is -1.59. The molecule has 0 spiro atoms. The van der Waals surface area contributed by atoms with E-state index in [-0.39, 0.29) is 39.0 Å². The minimum Gasteiger partial charge on any atom is -0.872 e. The van der Waals surface area contributed by atoms with Crippen LogP contribution in [0.3, 0.4) is 0 Å². The van der Waals surface area contributed by atoms with Crippen molar-refractivity contribution < 1.29 is 117 Å². The number of hydrogen-bond acceptors (Lipinski definition) is 20. The Morgan fingerprint density at radius 3 is 0.383 bits per heavy atom. The SMILES string of the molecule is [O-][Cl+3]([O-])([O-])[O-].[O-][Cl+3]([O-])([O-])[O-].[O-]c1c([O-])c2cccc3ccc4cccc1c4c32.[O-]c1c([O-])c2cccc3ccc4cccc1c4c32.[Ru+3].[Ru+3].c1ccc(-c2ccccn2)nc1.c1ccc(-c2ccccn2)nc1.c1ccc(-c2ccccn2)nc1.c1ccc(-c2ccccn2)nc1.c1ccccc1.c1ccccc1.c1ccccc1.c1ccccc1. The van der Waals surface area contributed by atoms with Crippen LogP contribution >= 0.6 is 0 Å². The molecule has 0 aliphatic heterocycles. The van der Waals surface area contributed by atoms with E-state index >= 15 is 0 Å². The second kappa shape index (κ2) is 51.0. The Balaban J connectivity index is 0.000000185. The first-order valence-corrected chi connectivity index (χ1v) is 38.5. The van der Waals surface area contributed by atoms with Crippen molar-refractivity contribution in [1.29, 1.82) is 0 Å². The largest absolute Gasteiger partial charge is 3.00 e. The molecule has 20 nitrogen and oxygen atoms in total. The van der Waals surface area contributed by atoms with Gasteiger partial charge < -0.3 is 20.4 Å². The van der Waals surface area contributed by atoms with Crippen molar-refractivity contribution in [2.75, 3.05) is 0 Å². The zero-order valence-electron chi connectivity index (χ0n) is 63.5. The van der Waals surface area contributed by atoms with Crippen molar-refractivity contribution in [2.45, 2.75) is 0 Å². The molecule has 0 bridgehead atoms. The molecule has 598 valence electrons. The van der Waals surface area contributed by atoms with E-state index in [9.17, 15) is 20.4 Å². The van der Waals surface area contributed by atoms with Gasteiger partial charge >= 0.3 is 39.0 Å². The summed E-state index contributed by atoms with van der Waals surface area (Å²) >= 11 is 0. The molecule has 20 aromatic rings. The molecule has 12 aromatic carbocycles. The second-order valence-electron chi connectivity index (χ2n) is 24.2. The van der Waals surface area contributed by atoms with E-state index < -0.39 is 43.5 Å². The Bertz CT molecular complexity index is 5090. The van der Waals surface area contributed by atoms with Crippen molar-refractivity contribution >= 4 is 64.6 Å². The van der Waals surface area contributed by atoms with Crippen LogP contribution in [0, 0.1) is 20.5 Å². The number of aromatic nitrogens is 8. The van der Waals surface area contributed by atoms with Crippen LogP contribution in [0.5, 0.6) is 23.0 Å². The van der Waals surface area contributed by atoms with Crippen LogP contribution < -0.4 is 57.7 Å². The van der Waals surface area contributed by atoms with Crippen LogP contribution in [0.2, 0.25) is 0 Å². The molecule has 0 atom stereocenters. The first-order chi connectivity index (χ1) is 57.4. The summed E-state index contributed by atoms with van der Waals surface area (Å²) in [5, 5.41) is 58.2. The standard InChI is InChI=1S/2C16H10O2.4C10H8N2.4C6H6.2ClHO4.2Ru/c2*17-15-11-5-1-3-9-7-8-10-4-2-6-12(16(15)18)14(10)13(9)11;4*1-3-7-11-9(5-1)10-6-2-4-8-12-10;4*1-2-4-6-5-3-1;2*2-1(3,4)5;;/h2*1-8,17-18H;4*1-8H;4*1-6H;2*(H,2,3,4,5);;/q;;;;;;;;;;;;2*+3/p-6. The van der Waals surface area contributed by atoms with Crippen LogP contribution in [0.15, 0.2) is 438 Å². The minimum atomic E-state index is -4.94. The Morgan fingerprint density at radius 1 is 0.150 bits per heavy atom. The van der Waals surface area contributed by atoms with Crippen LogP contribution in [0.25, 0.3) is 110 Å². The molecule has 0 N–H and O–H groups in total. The summed E-state index contributed by atoms with van der Waals surface area (Å²) in [4.78, 5) is 33.5. The van der Waals surface area contributed by atoms with Gasteiger partial charge in [-0.05, 0) is 162 Å². The zero-order valence-corrected chi connectivity index (χ0v) is 68.5. The van der Waals surface area contributed by atoms with Crippen molar-refractivity contribution in [2.24, 2.45) is 0 Å². The Hall–Kier alpha value is -13.4. The average molecular weight is 1800 g/mol. The Kier molecular flexibility index (Phi) is 39.8. The van der Waals surface area contributed by atoms with E-state index in [2.05, 4.69) is 39.9 Å². The second-order valence-corrected chi connectivity index (χ2v) is 25.7. The van der Waals surface area contributed by atoms with Gasteiger partial charge in [0.05, 0.1) is 45.6 Å². The Morgan fingerprint density at radius 2 is 0.275 bits per heavy atom. The fraction of sp³-hybridized carbons (Fsp3) is 0. The predicted molar refractivity (Wildman–Crippen MR) is 434 cm³/mol. The van der Waals surface area contributed by atoms with Gasteiger partial charge in [-0.25, -0.2) is 37.3 Å². The molecule has 0 amide bonds. The maximum atomic E-state index is 12.1. The molecule has 0 saturated carbocycles. The number of pyridine rings is 8. The maximum absolute atomic E-state index is 12.1. The third-order valence-corrected chi connectivity index (χ3v) is 16.2. The number of halogens is 2. The summed E-state index contributed by atoms with van der Waals surface area (Å²) in [7, 11) is -9.89. The van der Waals surface area contributed by atoms with E-state index in [1.165, 1.54) is 0 Å². The van der Waals surface area contributed by atoms with E-state index in [1.807, 2.05) is 364 Å². The monoisotopic (exact) mass is 1800 g/mol. The molecule has 0 unspecified atom stereocenters. The average Bonchev–Trinajstić information content (AvgIpc) is 0.737. The number of rotatable bonds is 4. The third kappa shape index (κ3) is 31.6. The Labute approximate surface area is 722 Å². The van der Waals surface area contributed by atoms with Gasteiger partial charge in [0.25, 0.3) is 0 Å². The van der Waals surface area contributed by atoms with E-state index in [0.29, 0.717) is 21.5 Å². The fourth-order valence-corrected chi connectivity index (χ4v) is 11.2. The van der Waals surface area contributed by atoms with Gasteiger partial charge in [-0.3, -0.25) is 39.9 Å². The molecule has 8 heterocycles. The third-order valence-electron chi connectivity index (χ3n) is 16.2. The minimum absolute atomic E-state index is 0. The molecule has 0 aliphatic rings. The van der Waals surface area contributed by atoms with Gasteiger partial charge in [0.1, 0.15) is 0 Å². The molecule has 2 radical (unpaired) electrons. The van der Waals surface area contributed by atoms with E-state index in [1.54, 1.807) is 73.8 Å². The molecular formula is C96H72Cl2N8O12Ru2. The van der Waals surface area contributed by atoms with Crippen molar-refractivity contribution in [3.8, 4) is 68.5 Å². The zero-order chi connectivity index (χ0) is 83.4. The van der Waals surface area contributed by atoms with Crippen molar-refractivity contribution in [3.05, 3.63) is 438 Å². The number of nitrogens with zero attached hydrogens (tertiary/aromatic N) is 8. The summed E-state index contributed by atoms with van der Waals surface area (Å²) in [6, 6.07) is 124. The first kappa shape index (κ1) is 93.8. The van der Waals surface area contributed by atoms with Crippen LogP contribution in [0.4, 0.5) is 0 Å². The van der Waals surface area contributed by atoms with Gasteiger partial charge in [0.15, 0.2) is 0 Å². The van der Waals surface area contributed by atoms with E-state index in [4.69, 9.17) is 37.3 Å². The van der Waals surface area contributed by atoms with Crippen molar-refractivity contribution in [1.82, 2.24) is 39.9 Å². The van der Waals surface area contributed by atoms with Gasteiger partial charge in [0, 0.05) is 49.6 Å². The molecule has 24 heteroatoms. The maximum Gasteiger partial charge on any atom is 3.00 e. The molecule has 0 saturated heterocycles. The molecule has 0 aliphatic carbocycles. The van der Waals surface area contributed by atoms with Crippen LogP contribution in [-0.4, -0.2) is 39.9 Å². The molecule has 20 rings (SSSR count). The summed E-state index contributed by atoms with van der Waals surface area (Å²) in [5.41, 5.74) is 7.32. The molecular weight excluding hydrogens is 1730 g/mol. The number of benzene rings is 12. The summed E-state index contributed by atoms with van der Waals surface area (Å²) < 4.78 is 67.9. The predicted octanol–water partition coefficient (Wildman–Crippen LogP) is 11.3. The number of hydrogen-bond donors (Lipinski definition) is 0. The topological polar surface area (TPSA) is 380 Å². The summed E-state index contributed by atoms with van der Waals surface area (Å²) in [6.07, 6.45) is 14.1. The summed E-state index contributed by atoms with van der Waals surface area (Å²) in [6.45, 7) is 0. The first-order valence-electron chi connectivity index (χ1n) is 36.0. The smallest absolute Gasteiger partial charge is 0.872 e.